The van der Waals surface area contributed by atoms with Gasteiger partial charge in [0, 0.05) is 48.4 Å². The molecule has 2 aliphatic carbocycles. The van der Waals surface area contributed by atoms with E-state index in [0.29, 0.717) is 0 Å². The molecule has 4 unspecified atom stereocenters. The van der Waals surface area contributed by atoms with Crippen LogP contribution in [0.5, 0.6) is 17.2 Å². The normalized spacial score (nSPS) is 28.0. The quantitative estimate of drug-likeness (QED) is 0.189. The van der Waals surface area contributed by atoms with Gasteiger partial charge in [-0.3, -0.25) is 19.2 Å². The van der Waals surface area contributed by atoms with Crippen LogP contribution >= 0.6 is 0 Å². The van der Waals surface area contributed by atoms with E-state index in [1.807, 2.05) is 0 Å². The van der Waals surface area contributed by atoms with E-state index in [4.69, 9.17) is 24.7 Å². The molecular weight excluding hydrogens is 566 g/mol. The Morgan fingerprint density at radius 1 is 1.12 bits per heavy atom. The smallest absolute Gasteiger partial charge is 0.305 e. The van der Waals surface area contributed by atoms with Gasteiger partial charge in [-0.2, -0.15) is 0 Å². The van der Waals surface area contributed by atoms with E-state index in [9.17, 15) is 39.6 Å². The van der Waals surface area contributed by atoms with Crippen molar-refractivity contribution in [1.82, 2.24) is 0 Å². The van der Waals surface area contributed by atoms with Crippen molar-refractivity contribution < 1.29 is 58.6 Å². The lowest BCUT2D eigenvalue weighted by atomic mass is 9.72. The molecule has 6 atom stereocenters. The third-order valence-electron chi connectivity index (χ3n) is 8.31. The number of carbonyl (C=O) groups is 4. The molecule has 2 aromatic carbocycles. The van der Waals surface area contributed by atoms with Gasteiger partial charge in [0.2, 0.25) is 11.6 Å². The maximum absolute atomic E-state index is 13.8. The Balaban J connectivity index is 1.64. The highest BCUT2D eigenvalue weighted by molar-refractivity contribution is 6.31. The molecule has 1 heterocycles. The second-order valence-electron chi connectivity index (χ2n) is 11.0. The molecule has 0 bridgehead atoms. The van der Waals surface area contributed by atoms with Gasteiger partial charge in [-0.25, -0.2) is 0 Å². The number of nitrogens with two attached hydrogens (primary N) is 1. The summed E-state index contributed by atoms with van der Waals surface area (Å²) in [6.45, 7) is 2.33. The molecule has 6 N–H and O–H groups in total. The fraction of sp³-hybridized carbons (Fsp3) is 0.467. The highest BCUT2D eigenvalue weighted by Crippen LogP contribution is 2.52. The Labute approximate surface area is 246 Å². The van der Waals surface area contributed by atoms with Crippen molar-refractivity contribution in [3.63, 3.8) is 0 Å². The van der Waals surface area contributed by atoms with E-state index in [0.717, 1.165) is 0 Å². The summed E-state index contributed by atoms with van der Waals surface area (Å²) in [4.78, 5) is 52.3. The van der Waals surface area contributed by atoms with Crippen LogP contribution in [0.15, 0.2) is 18.2 Å². The Kier molecular flexibility index (Phi) is 8.05. The molecule has 5 rings (SSSR count). The number of aromatic hydroxyl groups is 2. The summed E-state index contributed by atoms with van der Waals surface area (Å²) in [6, 6.07) is 3.60. The maximum atomic E-state index is 13.8. The molecule has 0 saturated carbocycles. The number of ether oxygens (including phenoxy) is 4. The number of aliphatic hydroxyl groups excluding tert-OH is 1. The third kappa shape index (κ3) is 5.06. The predicted octanol–water partition coefficient (Wildman–Crippen LogP) is 0.962. The number of phenolic OH excluding ortho intramolecular Hbond substituents is 2. The zero-order chi connectivity index (χ0) is 31.4. The molecule has 13 heteroatoms. The fourth-order valence-corrected chi connectivity index (χ4v) is 5.99. The van der Waals surface area contributed by atoms with Crippen molar-refractivity contribution in [2.45, 2.75) is 75.8 Å². The molecule has 0 aromatic heterocycles. The minimum atomic E-state index is -2.28. The standard InChI is InChI=1S/C30H33NO12/c1-4-19(33)41-11-18(32)30(39)9-14-22(17(10-30)43-20-8-15(31)25(34)12(2)42-20)29(38)24-23(27(14)36)26(35)13-6-5-7-16(40-3)21(13)28(24)37/h5-7,12,15,17,20,25,34,36,38-39H,4,8-11,31H2,1-3H3/t12?,15?,17-,20?,25?,30-/m0/s1. The second-order valence-corrected chi connectivity index (χ2v) is 11.0. The number of esters is 1. The summed E-state index contributed by atoms with van der Waals surface area (Å²) in [6.07, 6.45) is -5.31. The van der Waals surface area contributed by atoms with Crippen LogP contribution in [0.4, 0.5) is 0 Å². The minimum absolute atomic E-state index is 0.00248. The highest BCUT2D eigenvalue weighted by atomic mass is 16.7. The lowest BCUT2D eigenvalue weighted by Gasteiger charge is -2.42. The van der Waals surface area contributed by atoms with Crippen LogP contribution in [-0.2, 0) is 30.2 Å². The van der Waals surface area contributed by atoms with Gasteiger partial charge in [0.15, 0.2) is 18.7 Å². The van der Waals surface area contributed by atoms with Crippen molar-refractivity contribution in [1.29, 1.82) is 0 Å². The molecule has 2 aromatic rings. The molecule has 0 amide bonds. The number of Topliss-reactive ketones (excluding diaryl/α,β-unsaturated/α-hetero) is 1. The number of rotatable bonds is 7. The van der Waals surface area contributed by atoms with E-state index in [1.54, 1.807) is 6.92 Å². The van der Waals surface area contributed by atoms with Gasteiger partial charge in [0.1, 0.15) is 22.8 Å². The molecule has 1 fully saturated rings. The minimum Gasteiger partial charge on any atom is -0.507 e. The Morgan fingerprint density at radius 3 is 2.47 bits per heavy atom. The van der Waals surface area contributed by atoms with Gasteiger partial charge in [-0.05, 0) is 13.0 Å². The first-order valence-corrected chi connectivity index (χ1v) is 13.9. The van der Waals surface area contributed by atoms with Crippen LogP contribution in [0.2, 0.25) is 0 Å². The van der Waals surface area contributed by atoms with Crippen molar-refractivity contribution in [3.8, 4) is 17.2 Å². The van der Waals surface area contributed by atoms with Crippen LogP contribution in [0, 0.1) is 0 Å². The molecule has 3 aliphatic rings. The average Bonchev–Trinajstić information content (AvgIpc) is 2.98. The number of hydrogen-bond donors (Lipinski definition) is 5. The molecule has 43 heavy (non-hydrogen) atoms. The Bertz CT molecular complexity index is 1510. The summed E-state index contributed by atoms with van der Waals surface area (Å²) >= 11 is 0. The monoisotopic (exact) mass is 599 g/mol. The number of methoxy groups -OCH3 is 1. The predicted molar refractivity (Wildman–Crippen MR) is 146 cm³/mol. The van der Waals surface area contributed by atoms with E-state index < -0.39 is 102 Å². The summed E-state index contributed by atoms with van der Waals surface area (Å²) in [7, 11) is 1.32. The van der Waals surface area contributed by atoms with Gasteiger partial charge in [-0.1, -0.05) is 19.1 Å². The number of aliphatic hydroxyl groups is 2. The van der Waals surface area contributed by atoms with Crippen LogP contribution in [0.25, 0.3) is 0 Å². The average molecular weight is 600 g/mol. The largest absolute Gasteiger partial charge is 0.507 e. The Hall–Kier alpha value is -3.88. The van der Waals surface area contributed by atoms with E-state index in [-0.39, 0.29) is 40.8 Å². The summed E-state index contributed by atoms with van der Waals surface area (Å²) in [5, 5.41) is 44.9. The number of hydrogen-bond acceptors (Lipinski definition) is 13. The van der Waals surface area contributed by atoms with E-state index >= 15 is 0 Å². The van der Waals surface area contributed by atoms with E-state index in [2.05, 4.69) is 0 Å². The first-order chi connectivity index (χ1) is 20.3. The lowest BCUT2D eigenvalue weighted by Crippen LogP contribution is -2.53. The molecule has 0 radical (unpaired) electrons. The second kappa shape index (κ2) is 11.3. The molecular formula is C30H33NO12. The third-order valence-corrected chi connectivity index (χ3v) is 8.31. The van der Waals surface area contributed by atoms with Crippen molar-refractivity contribution in [3.05, 3.63) is 51.6 Å². The van der Waals surface area contributed by atoms with Crippen LogP contribution in [0.3, 0.4) is 0 Å². The number of phenols is 2. The highest BCUT2D eigenvalue weighted by Gasteiger charge is 2.50. The maximum Gasteiger partial charge on any atom is 0.305 e. The summed E-state index contributed by atoms with van der Waals surface area (Å²) in [5.74, 6) is -4.46. The van der Waals surface area contributed by atoms with Gasteiger partial charge in [0.25, 0.3) is 0 Å². The van der Waals surface area contributed by atoms with Gasteiger partial charge < -0.3 is 45.1 Å². The van der Waals surface area contributed by atoms with E-state index in [1.165, 1.54) is 32.2 Å². The topological polar surface area (TPSA) is 212 Å². The van der Waals surface area contributed by atoms with Crippen molar-refractivity contribution in [2.24, 2.45) is 5.73 Å². The van der Waals surface area contributed by atoms with Crippen LogP contribution < -0.4 is 10.5 Å². The van der Waals surface area contributed by atoms with Crippen LogP contribution in [0.1, 0.15) is 82.2 Å². The summed E-state index contributed by atoms with van der Waals surface area (Å²) < 4.78 is 22.1. The zero-order valence-electron chi connectivity index (χ0n) is 23.8. The first-order valence-electron chi connectivity index (χ1n) is 13.9. The van der Waals surface area contributed by atoms with Crippen molar-refractivity contribution in [2.75, 3.05) is 13.7 Å². The zero-order valence-corrected chi connectivity index (χ0v) is 23.8. The van der Waals surface area contributed by atoms with Gasteiger partial charge in [-0.15, -0.1) is 0 Å². The SMILES string of the molecule is CCC(=O)OCC(=O)[C@]1(O)Cc2c(O)c3c(c(O)c2[C@@H](OC2CC(N)C(O)C(C)O2)C1)C(=O)c1c(OC)cccc1C3=O. The van der Waals surface area contributed by atoms with Gasteiger partial charge in [0.05, 0.1) is 42.1 Å². The molecule has 0 spiro atoms. The molecule has 13 nitrogen and oxygen atoms in total. The number of benzene rings is 2. The van der Waals surface area contributed by atoms with Crippen molar-refractivity contribution >= 4 is 23.3 Å². The molecule has 230 valence electrons. The molecule has 1 saturated heterocycles. The number of ketones is 3. The molecule has 1 aliphatic heterocycles. The number of fused-ring (bicyclic) bond motifs is 3. The van der Waals surface area contributed by atoms with Gasteiger partial charge >= 0.3 is 5.97 Å². The Morgan fingerprint density at radius 2 is 1.81 bits per heavy atom. The fourth-order valence-electron chi connectivity index (χ4n) is 5.99. The summed E-state index contributed by atoms with van der Waals surface area (Å²) in [5.41, 5.74) is 2.29. The number of carbonyl (C=O) groups excluding carboxylic acids is 4. The van der Waals surface area contributed by atoms with Crippen LogP contribution in [-0.4, -0.2) is 87.6 Å². The first kappa shape index (κ1) is 30.6. The lowest BCUT2D eigenvalue weighted by molar-refractivity contribution is -0.247.